The third-order valence-corrected chi connectivity index (χ3v) is 6.15. The zero-order chi connectivity index (χ0) is 18.0. The summed E-state index contributed by atoms with van der Waals surface area (Å²) in [5, 5.41) is 10.9. The fourth-order valence-corrected chi connectivity index (χ4v) is 4.31. The topological polar surface area (TPSA) is 59.0 Å². The van der Waals surface area contributed by atoms with Gasteiger partial charge in [0.05, 0.1) is 0 Å². The second-order valence-corrected chi connectivity index (χ2v) is 7.56. The normalized spacial score (nSPS) is 21.0. The Labute approximate surface area is 153 Å². The fourth-order valence-electron chi connectivity index (χ4n) is 4.31. The van der Waals surface area contributed by atoms with Crippen molar-refractivity contribution in [3.63, 3.8) is 0 Å². The van der Waals surface area contributed by atoms with Gasteiger partial charge in [0.1, 0.15) is 11.4 Å². The van der Waals surface area contributed by atoms with Crippen LogP contribution in [0.15, 0.2) is 42.7 Å². The number of rotatable bonds is 5. The molecule has 1 saturated heterocycles. The highest BCUT2D eigenvalue weighted by atomic mass is 19.1. The highest BCUT2D eigenvalue weighted by Crippen LogP contribution is 2.43. The molecular formula is C20H25FN4O. The number of benzene rings is 1. The Balaban J connectivity index is 1.52. The van der Waals surface area contributed by atoms with E-state index in [4.69, 9.17) is 0 Å². The molecule has 0 atom stereocenters. The Bertz CT molecular complexity index is 747. The standard InChI is InChI=1S/C20H25FN4O/c21-17-5-3-16(4-6-17)19(7-1-8-19)15-23-18(26)20(9-12-22-13-10-20)25-14-2-11-24-25/h2-6,11,14,22H,1,7-10,12-13,15H2,(H,23,26). The maximum absolute atomic E-state index is 13.3. The molecular weight excluding hydrogens is 331 g/mol. The third kappa shape index (κ3) is 2.92. The van der Waals surface area contributed by atoms with Crippen LogP contribution in [0.2, 0.25) is 0 Å². The Kier molecular flexibility index (Phi) is 4.53. The molecule has 2 aliphatic rings. The van der Waals surface area contributed by atoms with Gasteiger partial charge in [0.2, 0.25) is 5.91 Å². The summed E-state index contributed by atoms with van der Waals surface area (Å²) in [6, 6.07) is 8.59. The van der Waals surface area contributed by atoms with Gasteiger partial charge in [0.25, 0.3) is 0 Å². The van der Waals surface area contributed by atoms with Gasteiger partial charge in [-0.05, 0) is 62.5 Å². The van der Waals surface area contributed by atoms with Crippen molar-refractivity contribution in [2.24, 2.45) is 0 Å². The van der Waals surface area contributed by atoms with Gasteiger partial charge < -0.3 is 10.6 Å². The lowest BCUT2D eigenvalue weighted by Crippen LogP contribution is -2.57. The highest BCUT2D eigenvalue weighted by molar-refractivity contribution is 5.84. The molecule has 1 amide bonds. The molecule has 6 heteroatoms. The van der Waals surface area contributed by atoms with E-state index in [0.717, 1.165) is 50.8 Å². The quantitative estimate of drug-likeness (QED) is 0.865. The summed E-state index contributed by atoms with van der Waals surface area (Å²) < 4.78 is 15.1. The predicted octanol–water partition coefficient (Wildman–Crippen LogP) is 2.34. The summed E-state index contributed by atoms with van der Waals surface area (Å²) in [4.78, 5) is 13.2. The molecule has 2 heterocycles. The van der Waals surface area contributed by atoms with E-state index in [1.807, 2.05) is 29.1 Å². The largest absolute Gasteiger partial charge is 0.353 e. The van der Waals surface area contributed by atoms with Crippen LogP contribution in [0, 0.1) is 5.82 Å². The molecule has 1 aliphatic carbocycles. The molecule has 2 N–H and O–H groups in total. The fraction of sp³-hybridized carbons (Fsp3) is 0.500. The van der Waals surface area contributed by atoms with E-state index in [9.17, 15) is 9.18 Å². The van der Waals surface area contributed by atoms with E-state index in [0.29, 0.717) is 6.54 Å². The number of nitrogens with one attached hydrogen (secondary N) is 2. The van der Waals surface area contributed by atoms with Gasteiger partial charge in [0.15, 0.2) is 0 Å². The van der Waals surface area contributed by atoms with Crippen molar-refractivity contribution >= 4 is 5.91 Å². The number of carbonyl (C=O) groups is 1. The number of nitrogens with zero attached hydrogens (tertiary/aromatic N) is 2. The van der Waals surface area contributed by atoms with E-state index >= 15 is 0 Å². The maximum atomic E-state index is 13.3. The molecule has 2 fully saturated rings. The van der Waals surface area contributed by atoms with Crippen molar-refractivity contribution < 1.29 is 9.18 Å². The molecule has 0 radical (unpaired) electrons. The molecule has 1 aromatic heterocycles. The van der Waals surface area contributed by atoms with Crippen molar-refractivity contribution in [3.05, 3.63) is 54.1 Å². The van der Waals surface area contributed by atoms with Crippen LogP contribution in [0.3, 0.4) is 0 Å². The van der Waals surface area contributed by atoms with E-state index in [-0.39, 0.29) is 17.1 Å². The lowest BCUT2D eigenvalue weighted by Gasteiger charge is -2.44. The minimum atomic E-state index is -0.623. The van der Waals surface area contributed by atoms with Crippen molar-refractivity contribution in [2.75, 3.05) is 19.6 Å². The number of hydrogen-bond donors (Lipinski definition) is 2. The second kappa shape index (κ2) is 6.83. The van der Waals surface area contributed by atoms with Crippen LogP contribution < -0.4 is 10.6 Å². The lowest BCUT2D eigenvalue weighted by molar-refractivity contribution is -0.132. The average molecular weight is 356 g/mol. The molecule has 138 valence electrons. The van der Waals surface area contributed by atoms with Gasteiger partial charge in [-0.15, -0.1) is 0 Å². The van der Waals surface area contributed by atoms with Gasteiger partial charge in [0, 0.05) is 24.4 Å². The van der Waals surface area contributed by atoms with Crippen molar-refractivity contribution in [3.8, 4) is 0 Å². The molecule has 2 aromatic rings. The molecule has 0 unspecified atom stereocenters. The zero-order valence-electron chi connectivity index (χ0n) is 14.9. The molecule has 1 aliphatic heterocycles. The summed E-state index contributed by atoms with van der Waals surface area (Å²) in [5.41, 5.74) is 0.424. The Hall–Kier alpha value is -2.21. The number of halogens is 1. The van der Waals surface area contributed by atoms with Gasteiger partial charge in [-0.1, -0.05) is 18.6 Å². The monoisotopic (exact) mass is 356 g/mol. The van der Waals surface area contributed by atoms with Gasteiger partial charge in [-0.3, -0.25) is 9.48 Å². The summed E-state index contributed by atoms with van der Waals surface area (Å²) >= 11 is 0. The van der Waals surface area contributed by atoms with Crippen molar-refractivity contribution in [2.45, 2.75) is 43.1 Å². The Morgan fingerprint density at radius 3 is 2.50 bits per heavy atom. The first-order valence-corrected chi connectivity index (χ1v) is 9.40. The first-order chi connectivity index (χ1) is 12.6. The number of carbonyl (C=O) groups excluding carboxylic acids is 1. The zero-order valence-corrected chi connectivity index (χ0v) is 14.9. The summed E-state index contributed by atoms with van der Waals surface area (Å²) in [5.74, 6) is -0.185. The molecule has 1 saturated carbocycles. The number of piperidine rings is 1. The van der Waals surface area contributed by atoms with E-state index in [1.165, 1.54) is 12.1 Å². The van der Waals surface area contributed by atoms with Crippen molar-refractivity contribution in [1.82, 2.24) is 20.4 Å². The van der Waals surface area contributed by atoms with Crippen LogP contribution in [0.1, 0.15) is 37.7 Å². The van der Waals surface area contributed by atoms with Gasteiger partial charge >= 0.3 is 0 Å². The Morgan fingerprint density at radius 1 is 1.19 bits per heavy atom. The van der Waals surface area contributed by atoms with E-state index < -0.39 is 5.54 Å². The van der Waals surface area contributed by atoms with Gasteiger partial charge in [-0.25, -0.2) is 4.39 Å². The van der Waals surface area contributed by atoms with Gasteiger partial charge in [-0.2, -0.15) is 5.10 Å². The summed E-state index contributed by atoms with van der Waals surface area (Å²) in [6.07, 6.45) is 8.24. The molecule has 0 spiro atoms. The van der Waals surface area contributed by atoms with Crippen LogP contribution in [-0.2, 0) is 15.7 Å². The molecule has 26 heavy (non-hydrogen) atoms. The average Bonchev–Trinajstić information content (AvgIpc) is 3.18. The van der Waals surface area contributed by atoms with Crippen LogP contribution >= 0.6 is 0 Å². The lowest BCUT2D eigenvalue weighted by atomic mass is 9.64. The third-order valence-electron chi connectivity index (χ3n) is 6.15. The SMILES string of the molecule is O=C(NCC1(c2ccc(F)cc2)CCC1)C1(n2cccn2)CCNCC1. The highest BCUT2D eigenvalue weighted by Gasteiger charge is 2.44. The number of aromatic nitrogens is 2. The predicted molar refractivity (Wildman–Crippen MR) is 97.2 cm³/mol. The minimum absolute atomic E-state index is 0.0380. The van der Waals surface area contributed by atoms with Crippen LogP contribution in [0.4, 0.5) is 4.39 Å². The summed E-state index contributed by atoms with van der Waals surface area (Å²) in [6.45, 7) is 2.20. The number of amides is 1. The smallest absolute Gasteiger partial charge is 0.248 e. The second-order valence-electron chi connectivity index (χ2n) is 7.56. The van der Waals surface area contributed by atoms with Crippen LogP contribution in [-0.4, -0.2) is 35.3 Å². The molecule has 5 nitrogen and oxygen atoms in total. The first-order valence-electron chi connectivity index (χ1n) is 9.40. The summed E-state index contributed by atoms with van der Waals surface area (Å²) in [7, 11) is 0. The maximum Gasteiger partial charge on any atom is 0.248 e. The van der Waals surface area contributed by atoms with E-state index in [1.54, 1.807) is 6.20 Å². The van der Waals surface area contributed by atoms with E-state index in [2.05, 4.69) is 15.7 Å². The van der Waals surface area contributed by atoms with Crippen LogP contribution in [0.25, 0.3) is 0 Å². The van der Waals surface area contributed by atoms with Crippen molar-refractivity contribution in [1.29, 1.82) is 0 Å². The molecule has 4 rings (SSSR count). The molecule has 0 bridgehead atoms. The Morgan fingerprint density at radius 2 is 1.92 bits per heavy atom. The minimum Gasteiger partial charge on any atom is -0.353 e. The number of hydrogen-bond acceptors (Lipinski definition) is 3. The molecule has 1 aromatic carbocycles. The first kappa shape index (κ1) is 17.2. The van der Waals surface area contributed by atoms with Crippen LogP contribution in [0.5, 0.6) is 0 Å².